The first kappa shape index (κ1) is 12.6. The molecule has 0 radical (unpaired) electrons. The van der Waals surface area contributed by atoms with E-state index in [0.717, 1.165) is 32.5 Å². The van der Waals surface area contributed by atoms with E-state index < -0.39 is 0 Å². The van der Waals surface area contributed by atoms with E-state index in [1.807, 2.05) is 0 Å². The molecule has 0 atom stereocenters. The molecule has 0 spiro atoms. The summed E-state index contributed by atoms with van der Waals surface area (Å²) in [6, 6.07) is 10.7. The molecule has 17 heavy (non-hydrogen) atoms. The monoisotopic (exact) mass is 232 g/mol. The smallest absolute Gasteiger partial charge is 0.0233 e. The van der Waals surface area contributed by atoms with E-state index >= 15 is 0 Å². The molecule has 2 heteroatoms. The fraction of sp³-hybridized carbons (Fsp3) is 0.600. The van der Waals surface area contributed by atoms with Crippen LogP contribution in [0.5, 0.6) is 0 Å². The van der Waals surface area contributed by atoms with Gasteiger partial charge in [0.05, 0.1) is 0 Å². The summed E-state index contributed by atoms with van der Waals surface area (Å²) in [6.45, 7) is 5.59. The molecule has 2 N–H and O–H groups in total. The molecule has 2 rings (SSSR count). The van der Waals surface area contributed by atoms with Crippen LogP contribution in [0.3, 0.4) is 0 Å². The standard InChI is InChI=1S/C15H24N2/c1-2-8-15(16)9-11-17(12-10-15)13-14-6-4-3-5-7-14/h3-7H,2,8-13,16H2,1H3. The van der Waals surface area contributed by atoms with Crippen LogP contribution in [0.1, 0.15) is 38.2 Å². The first-order valence-corrected chi connectivity index (χ1v) is 6.77. The molecule has 1 saturated heterocycles. The van der Waals surface area contributed by atoms with Crippen molar-refractivity contribution in [3.63, 3.8) is 0 Å². The van der Waals surface area contributed by atoms with Gasteiger partial charge in [-0.15, -0.1) is 0 Å². The minimum atomic E-state index is 0.113. The Bertz CT molecular complexity index is 326. The van der Waals surface area contributed by atoms with Crippen molar-refractivity contribution in [1.29, 1.82) is 0 Å². The van der Waals surface area contributed by atoms with Crippen LogP contribution in [0, 0.1) is 0 Å². The van der Waals surface area contributed by atoms with Crippen molar-refractivity contribution in [3.8, 4) is 0 Å². The second kappa shape index (κ2) is 5.65. The van der Waals surface area contributed by atoms with Crippen LogP contribution in [-0.4, -0.2) is 23.5 Å². The van der Waals surface area contributed by atoms with Crippen molar-refractivity contribution >= 4 is 0 Å². The summed E-state index contributed by atoms with van der Waals surface area (Å²) < 4.78 is 0. The minimum Gasteiger partial charge on any atom is -0.325 e. The lowest BCUT2D eigenvalue weighted by atomic mass is 9.84. The quantitative estimate of drug-likeness (QED) is 0.865. The van der Waals surface area contributed by atoms with Gasteiger partial charge in [0.1, 0.15) is 0 Å². The zero-order valence-corrected chi connectivity index (χ0v) is 10.9. The van der Waals surface area contributed by atoms with Crippen LogP contribution in [0.4, 0.5) is 0 Å². The Hall–Kier alpha value is -0.860. The van der Waals surface area contributed by atoms with Gasteiger partial charge in [-0.3, -0.25) is 4.90 Å². The fourth-order valence-corrected chi connectivity index (χ4v) is 2.75. The summed E-state index contributed by atoms with van der Waals surface area (Å²) in [5.74, 6) is 0. The van der Waals surface area contributed by atoms with E-state index in [0.29, 0.717) is 0 Å². The first-order chi connectivity index (χ1) is 8.22. The number of piperidine rings is 1. The maximum absolute atomic E-state index is 6.40. The third-order valence-corrected chi connectivity index (χ3v) is 3.85. The highest BCUT2D eigenvalue weighted by Gasteiger charge is 2.29. The Kier molecular flexibility index (Phi) is 4.19. The number of nitrogens with zero attached hydrogens (tertiary/aromatic N) is 1. The molecule has 1 aromatic carbocycles. The molecule has 1 fully saturated rings. The second-order valence-electron chi connectivity index (χ2n) is 5.37. The van der Waals surface area contributed by atoms with Gasteiger partial charge in [-0.2, -0.15) is 0 Å². The van der Waals surface area contributed by atoms with E-state index in [9.17, 15) is 0 Å². The van der Waals surface area contributed by atoms with Crippen molar-refractivity contribution in [2.45, 2.75) is 44.7 Å². The Morgan fingerprint density at radius 1 is 1.18 bits per heavy atom. The van der Waals surface area contributed by atoms with Gasteiger partial charge < -0.3 is 5.73 Å². The lowest BCUT2D eigenvalue weighted by molar-refractivity contribution is 0.149. The Labute approximate surface area is 105 Å². The number of hydrogen-bond acceptors (Lipinski definition) is 2. The predicted octanol–water partition coefficient (Wildman–Crippen LogP) is 2.78. The van der Waals surface area contributed by atoms with Crippen LogP contribution in [-0.2, 0) is 6.54 Å². The third kappa shape index (κ3) is 3.55. The van der Waals surface area contributed by atoms with Crippen molar-refractivity contribution in [1.82, 2.24) is 4.90 Å². The normalized spacial score (nSPS) is 20.4. The van der Waals surface area contributed by atoms with Gasteiger partial charge in [0, 0.05) is 25.2 Å². The van der Waals surface area contributed by atoms with Crippen molar-refractivity contribution in [2.75, 3.05) is 13.1 Å². The van der Waals surface area contributed by atoms with E-state index in [1.54, 1.807) is 0 Å². The molecule has 0 unspecified atom stereocenters. The second-order valence-corrected chi connectivity index (χ2v) is 5.37. The van der Waals surface area contributed by atoms with Crippen molar-refractivity contribution < 1.29 is 0 Å². The van der Waals surface area contributed by atoms with Crippen molar-refractivity contribution in [2.24, 2.45) is 5.73 Å². The molecule has 94 valence electrons. The predicted molar refractivity (Wildman–Crippen MR) is 72.8 cm³/mol. The van der Waals surface area contributed by atoms with Gasteiger partial charge in [-0.25, -0.2) is 0 Å². The van der Waals surface area contributed by atoms with Crippen LogP contribution >= 0.6 is 0 Å². The molecule has 1 aromatic rings. The number of likely N-dealkylation sites (tertiary alicyclic amines) is 1. The number of rotatable bonds is 4. The van der Waals surface area contributed by atoms with Crippen LogP contribution in [0.15, 0.2) is 30.3 Å². The summed E-state index contributed by atoms with van der Waals surface area (Å²) in [7, 11) is 0. The molecule has 0 amide bonds. The zero-order chi connectivity index (χ0) is 12.1. The summed E-state index contributed by atoms with van der Waals surface area (Å²) in [6.07, 6.45) is 4.67. The van der Waals surface area contributed by atoms with Gasteiger partial charge in [0.15, 0.2) is 0 Å². The molecule has 0 aliphatic carbocycles. The number of benzene rings is 1. The van der Waals surface area contributed by atoms with Gasteiger partial charge in [-0.1, -0.05) is 43.7 Å². The van der Waals surface area contributed by atoms with Gasteiger partial charge >= 0.3 is 0 Å². The molecule has 0 aromatic heterocycles. The molecule has 0 bridgehead atoms. The average molecular weight is 232 g/mol. The van der Waals surface area contributed by atoms with Gasteiger partial charge in [-0.05, 0) is 24.8 Å². The van der Waals surface area contributed by atoms with E-state index in [-0.39, 0.29) is 5.54 Å². The maximum Gasteiger partial charge on any atom is 0.0233 e. The van der Waals surface area contributed by atoms with Gasteiger partial charge in [0.2, 0.25) is 0 Å². The highest BCUT2D eigenvalue weighted by atomic mass is 15.1. The maximum atomic E-state index is 6.40. The zero-order valence-electron chi connectivity index (χ0n) is 10.9. The molecule has 1 aliphatic rings. The molecule has 2 nitrogen and oxygen atoms in total. The van der Waals surface area contributed by atoms with Crippen molar-refractivity contribution in [3.05, 3.63) is 35.9 Å². The largest absolute Gasteiger partial charge is 0.325 e. The first-order valence-electron chi connectivity index (χ1n) is 6.77. The summed E-state index contributed by atoms with van der Waals surface area (Å²) in [4.78, 5) is 2.52. The Morgan fingerprint density at radius 2 is 1.82 bits per heavy atom. The lowest BCUT2D eigenvalue weighted by Crippen LogP contribution is -2.49. The molecule has 0 saturated carbocycles. The van der Waals surface area contributed by atoms with Crippen LogP contribution in [0.2, 0.25) is 0 Å². The third-order valence-electron chi connectivity index (χ3n) is 3.85. The highest BCUT2D eigenvalue weighted by Crippen LogP contribution is 2.25. The highest BCUT2D eigenvalue weighted by molar-refractivity contribution is 5.14. The number of nitrogens with two attached hydrogens (primary N) is 1. The van der Waals surface area contributed by atoms with E-state index in [2.05, 4.69) is 42.2 Å². The van der Waals surface area contributed by atoms with E-state index in [4.69, 9.17) is 5.73 Å². The molecule has 1 aliphatic heterocycles. The summed E-state index contributed by atoms with van der Waals surface area (Å²) >= 11 is 0. The topological polar surface area (TPSA) is 29.3 Å². The van der Waals surface area contributed by atoms with Crippen LogP contribution < -0.4 is 5.73 Å². The minimum absolute atomic E-state index is 0.113. The summed E-state index contributed by atoms with van der Waals surface area (Å²) in [5, 5.41) is 0. The molecule has 1 heterocycles. The van der Waals surface area contributed by atoms with E-state index in [1.165, 1.54) is 18.4 Å². The van der Waals surface area contributed by atoms with Crippen LogP contribution in [0.25, 0.3) is 0 Å². The fourth-order valence-electron chi connectivity index (χ4n) is 2.75. The Balaban J connectivity index is 1.83. The lowest BCUT2D eigenvalue weighted by Gasteiger charge is -2.39. The Morgan fingerprint density at radius 3 is 2.41 bits per heavy atom. The summed E-state index contributed by atoms with van der Waals surface area (Å²) in [5.41, 5.74) is 7.92. The van der Waals surface area contributed by atoms with Gasteiger partial charge in [0.25, 0.3) is 0 Å². The SMILES string of the molecule is CCCC1(N)CCN(Cc2ccccc2)CC1. The average Bonchev–Trinajstić information content (AvgIpc) is 2.34. The molecular formula is C15H24N2. The molecular weight excluding hydrogens is 208 g/mol. The number of hydrogen-bond donors (Lipinski definition) is 1.